The Hall–Kier alpha value is -0.840. The van der Waals surface area contributed by atoms with Crippen LogP contribution in [0.1, 0.15) is 24.5 Å². The molecular formula is C14H25N3O. The molecule has 0 aromatic carbocycles. The Morgan fingerprint density at radius 1 is 1.28 bits per heavy atom. The molecule has 102 valence electrons. The maximum atomic E-state index is 5.83. The zero-order valence-corrected chi connectivity index (χ0v) is 11.9. The van der Waals surface area contributed by atoms with Crippen molar-refractivity contribution in [2.75, 3.05) is 40.3 Å². The standard InChI is InChI=1S/C14H25N3O/c1-11-5-6-13(18-11)14(16(3)4)12(2)17-9-7-15-8-10-17/h5-6,12,14-15H,7-10H2,1-4H3. The van der Waals surface area contributed by atoms with E-state index in [0.717, 1.165) is 37.7 Å². The molecule has 1 fully saturated rings. The molecule has 0 aliphatic carbocycles. The molecule has 0 bridgehead atoms. The number of nitrogens with zero attached hydrogens (tertiary/aromatic N) is 2. The first-order valence-electron chi connectivity index (χ1n) is 6.77. The third-order valence-corrected chi connectivity index (χ3v) is 3.79. The summed E-state index contributed by atoms with van der Waals surface area (Å²) in [6, 6.07) is 4.94. The van der Waals surface area contributed by atoms with Crippen LogP contribution in [0.2, 0.25) is 0 Å². The third kappa shape index (κ3) is 2.94. The van der Waals surface area contributed by atoms with Crippen LogP contribution in [0.15, 0.2) is 16.5 Å². The van der Waals surface area contributed by atoms with Crippen LogP contribution >= 0.6 is 0 Å². The summed E-state index contributed by atoms with van der Waals surface area (Å²) in [4.78, 5) is 4.80. The van der Waals surface area contributed by atoms with Crippen molar-refractivity contribution < 1.29 is 4.42 Å². The van der Waals surface area contributed by atoms with Crippen LogP contribution in [0, 0.1) is 6.92 Å². The van der Waals surface area contributed by atoms with Gasteiger partial charge in [-0.15, -0.1) is 0 Å². The van der Waals surface area contributed by atoms with Crippen LogP contribution < -0.4 is 5.32 Å². The Bertz CT molecular complexity index is 369. The highest BCUT2D eigenvalue weighted by Gasteiger charge is 2.29. The molecule has 4 nitrogen and oxygen atoms in total. The minimum Gasteiger partial charge on any atom is -0.465 e. The molecule has 4 heteroatoms. The van der Waals surface area contributed by atoms with Crippen molar-refractivity contribution in [2.45, 2.75) is 25.9 Å². The fraction of sp³-hybridized carbons (Fsp3) is 0.714. The van der Waals surface area contributed by atoms with Crippen molar-refractivity contribution in [1.29, 1.82) is 0 Å². The van der Waals surface area contributed by atoms with E-state index in [1.54, 1.807) is 0 Å². The number of likely N-dealkylation sites (N-methyl/N-ethyl adjacent to an activating group) is 1. The van der Waals surface area contributed by atoms with Crippen molar-refractivity contribution in [1.82, 2.24) is 15.1 Å². The monoisotopic (exact) mass is 251 g/mol. The number of hydrogen-bond acceptors (Lipinski definition) is 4. The van der Waals surface area contributed by atoms with E-state index in [4.69, 9.17) is 4.42 Å². The molecule has 2 unspecified atom stereocenters. The van der Waals surface area contributed by atoms with Crippen molar-refractivity contribution in [3.63, 3.8) is 0 Å². The smallest absolute Gasteiger partial charge is 0.122 e. The number of aryl methyl sites for hydroxylation is 1. The Morgan fingerprint density at radius 3 is 2.44 bits per heavy atom. The zero-order chi connectivity index (χ0) is 13.1. The molecule has 2 atom stereocenters. The van der Waals surface area contributed by atoms with E-state index >= 15 is 0 Å². The van der Waals surface area contributed by atoms with Gasteiger partial charge >= 0.3 is 0 Å². The summed E-state index contributed by atoms with van der Waals surface area (Å²) in [6.45, 7) is 8.71. The van der Waals surface area contributed by atoms with Gasteiger partial charge in [0.05, 0.1) is 6.04 Å². The Kier molecular flexibility index (Phi) is 4.43. The second kappa shape index (κ2) is 5.87. The highest BCUT2D eigenvalue weighted by molar-refractivity contribution is 5.12. The Balaban J connectivity index is 2.13. The number of hydrogen-bond donors (Lipinski definition) is 1. The molecule has 0 amide bonds. The topological polar surface area (TPSA) is 31.6 Å². The van der Waals surface area contributed by atoms with Crippen LogP contribution in [0.25, 0.3) is 0 Å². The molecule has 1 saturated heterocycles. The van der Waals surface area contributed by atoms with E-state index < -0.39 is 0 Å². The van der Waals surface area contributed by atoms with Crippen molar-refractivity contribution >= 4 is 0 Å². The van der Waals surface area contributed by atoms with Gasteiger partial charge in [-0.3, -0.25) is 9.80 Å². The van der Waals surface area contributed by atoms with Crippen LogP contribution in [0.5, 0.6) is 0 Å². The third-order valence-electron chi connectivity index (χ3n) is 3.79. The van der Waals surface area contributed by atoms with E-state index in [0.29, 0.717) is 12.1 Å². The van der Waals surface area contributed by atoms with Gasteiger partial charge in [0.15, 0.2) is 0 Å². The lowest BCUT2D eigenvalue weighted by molar-refractivity contribution is 0.0934. The molecular weight excluding hydrogens is 226 g/mol. The largest absolute Gasteiger partial charge is 0.465 e. The van der Waals surface area contributed by atoms with Crippen LogP contribution in [0.4, 0.5) is 0 Å². The minimum absolute atomic E-state index is 0.316. The average Bonchev–Trinajstić information content (AvgIpc) is 2.76. The lowest BCUT2D eigenvalue weighted by Gasteiger charge is -2.39. The molecule has 0 spiro atoms. The molecule has 2 rings (SSSR count). The summed E-state index contributed by atoms with van der Waals surface area (Å²) in [6.07, 6.45) is 0. The molecule has 1 aromatic rings. The van der Waals surface area contributed by atoms with E-state index in [2.05, 4.69) is 48.3 Å². The number of nitrogens with one attached hydrogen (secondary N) is 1. The average molecular weight is 251 g/mol. The van der Waals surface area contributed by atoms with Gasteiger partial charge in [-0.2, -0.15) is 0 Å². The second-order valence-electron chi connectivity index (χ2n) is 5.38. The van der Waals surface area contributed by atoms with Gasteiger partial charge in [0.1, 0.15) is 11.5 Å². The SMILES string of the molecule is Cc1ccc(C(C(C)N2CCNCC2)N(C)C)o1. The lowest BCUT2D eigenvalue weighted by Crippen LogP contribution is -2.51. The molecule has 18 heavy (non-hydrogen) atoms. The van der Waals surface area contributed by atoms with E-state index in [9.17, 15) is 0 Å². The summed E-state index contributed by atoms with van der Waals surface area (Å²) in [5.41, 5.74) is 0. The van der Waals surface area contributed by atoms with E-state index in [1.165, 1.54) is 0 Å². The molecule has 1 aliphatic rings. The summed E-state index contributed by atoms with van der Waals surface area (Å²) in [5, 5.41) is 3.40. The van der Waals surface area contributed by atoms with Crippen molar-refractivity contribution in [3.8, 4) is 0 Å². The molecule has 2 heterocycles. The minimum atomic E-state index is 0.316. The van der Waals surface area contributed by atoms with Gasteiger partial charge < -0.3 is 9.73 Å². The first kappa shape index (κ1) is 13.6. The summed E-state index contributed by atoms with van der Waals surface area (Å²) in [5.74, 6) is 2.06. The van der Waals surface area contributed by atoms with Gasteiger partial charge in [-0.05, 0) is 40.1 Å². The van der Waals surface area contributed by atoms with Crippen LogP contribution in [-0.2, 0) is 0 Å². The summed E-state index contributed by atoms with van der Waals surface area (Å²) in [7, 11) is 4.25. The predicted octanol–water partition coefficient (Wildman–Crippen LogP) is 1.48. The fourth-order valence-electron chi connectivity index (χ4n) is 2.83. The van der Waals surface area contributed by atoms with Gasteiger partial charge in [-0.25, -0.2) is 0 Å². The number of piperazine rings is 1. The number of rotatable bonds is 4. The molecule has 1 N–H and O–H groups in total. The second-order valence-corrected chi connectivity index (χ2v) is 5.38. The lowest BCUT2D eigenvalue weighted by atomic mass is 10.0. The molecule has 0 saturated carbocycles. The Morgan fingerprint density at radius 2 is 1.94 bits per heavy atom. The molecule has 0 radical (unpaired) electrons. The van der Waals surface area contributed by atoms with E-state index in [1.807, 2.05) is 6.92 Å². The summed E-state index contributed by atoms with van der Waals surface area (Å²) >= 11 is 0. The van der Waals surface area contributed by atoms with Crippen molar-refractivity contribution in [2.24, 2.45) is 0 Å². The fourth-order valence-corrected chi connectivity index (χ4v) is 2.83. The van der Waals surface area contributed by atoms with Crippen LogP contribution in [-0.4, -0.2) is 56.1 Å². The van der Waals surface area contributed by atoms with Crippen LogP contribution in [0.3, 0.4) is 0 Å². The maximum absolute atomic E-state index is 5.83. The first-order valence-corrected chi connectivity index (χ1v) is 6.77. The van der Waals surface area contributed by atoms with Gasteiger partial charge in [0, 0.05) is 32.2 Å². The number of furan rings is 1. The maximum Gasteiger partial charge on any atom is 0.122 e. The summed E-state index contributed by atoms with van der Waals surface area (Å²) < 4.78 is 5.83. The van der Waals surface area contributed by atoms with Crippen molar-refractivity contribution in [3.05, 3.63) is 23.7 Å². The highest BCUT2D eigenvalue weighted by Crippen LogP contribution is 2.27. The normalized spacial score (nSPS) is 21.2. The molecule has 1 aliphatic heterocycles. The van der Waals surface area contributed by atoms with Gasteiger partial charge in [-0.1, -0.05) is 0 Å². The zero-order valence-electron chi connectivity index (χ0n) is 11.9. The van der Waals surface area contributed by atoms with Gasteiger partial charge in [0.2, 0.25) is 0 Å². The Labute approximate surface area is 110 Å². The first-order chi connectivity index (χ1) is 8.59. The molecule has 1 aromatic heterocycles. The predicted molar refractivity (Wildman–Crippen MR) is 73.8 cm³/mol. The quantitative estimate of drug-likeness (QED) is 0.878. The highest BCUT2D eigenvalue weighted by atomic mass is 16.3. The van der Waals surface area contributed by atoms with E-state index in [-0.39, 0.29) is 0 Å². The van der Waals surface area contributed by atoms with Gasteiger partial charge in [0.25, 0.3) is 0 Å².